The molecule has 0 aromatic heterocycles. The molecule has 6 nitrogen and oxygen atoms in total. The number of hydrogen-bond acceptors (Lipinski definition) is 4. The van der Waals surface area contributed by atoms with Crippen molar-refractivity contribution in [3.8, 4) is 11.5 Å². The fourth-order valence-electron chi connectivity index (χ4n) is 2.56. The molecule has 130 valence electrons. The van der Waals surface area contributed by atoms with Crippen molar-refractivity contribution in [1.82, 2.24) is 0 Å². The summed E-state index contributed by atoms with van der Waals surface area (Å²) < 4.78 is 11.1. The van der Waals surface area contributed by atoms with Crippen LogP contribution in [-0.2, 0) is 16.0 Å². The minimum absolute atomic E-state index is 0.0893. The number of rotatable bonds is 5. The van der Waals surface area contributed by atoms with E-state index in [9.17, 15) is 9.59 Å². The summed E-state index contributed by atoms with van der Waals surface area (Å²) in [5, 5.41) is 5.50. The van der Waals surface area contributed by atoms with Crippen LogP contribution in [0.3, 0.4) is 0 Å². The smallest absolute Gasteiger partial charge is 0.265 e. The average Bonchev–Trinajstić information content (AvgIpc) is 2.61. The number of nitrogens with one attached hydrogen (secondary N) is 2. The molecule has 0 spiro atoms. The first-order chi connectivity index (χ1) is 12.1. The lowest BCUT2D eigenvalue weighted by atomic mass is 10.1. The molecule has 2 aromatic carbocycles. The molecular weight excluding hydrogens is 320 g/mol. The molecule has 1 atom stereocenters. The van der Waals surface area contributed by atoms with Gasteiger partial charge in [-0.15, -0.1) is 0 Å². The summed E-state index contributed by atoms with van der Waals surface area (Å²) in [6.07, 6.45) is 0.306. The molecule has 0 saturated carbocycles. The number of carbonyl (C=O) groups excluding carboxylic acids is 2. The third-order valence-electron chi connectivity index (χ3n) is 3.91. The van der Waals surface area contributed by atoms with Gasteiger partial charge in [-0.05, 0) is 43.2 Å². The molecule has 25 heavy (non-hydrogen) atoms. The van der Waals surface area contributed by atoms with E-state index in [-0.39, 0.29) is 18.4 Å². The molecule has 0 bridgehead atoms. The Labute approximate surface area is 146 Å². The molecule has 3 rings (SSSR count). The number of carbonyl (C=O) groups is 2. The molecule has 1 aliphatic heterocycles. The Morgan fingerprint density at radius 3 is 2.88 bits per heavy atom. The van der Waals surface area contributed by atoms with Crippen molar-refractivity contribution in [2.75, 3.05) is 17.2 Å². The van der Waals surface area contributed by atoms with Crippen molar-refractivity contribution in [3.05, 3.63) is 48.0 Å². The lowest BCUT2D eigenvalue weighted by molar-refractivity contribution is -0.122. The van der Waals surface area contributed by atoms with Crippen LogP contribution in [0.15, 0.2) is 42.5 Å². The number of aryl methyl sites for hydroxylation is 1. The largest absolute Gasteiger partial charge is 0.483 e. The summed E-state index contributed by atoms with van der Waals surface area (Å²) >= 11 is 0. The minimum atomic E-state index is -0.528. The second kappa shape index (κ2) is 7.25. The summed E-state index contributed by atoms with van der Waals surface area (Å²) in [6, 6.07) is 12.7. The minimum Gasteiger partial charge on any atom is -0.483 e. The van der Waals surface area contributed by atoms with Crippen LogP contribution in [0.1, 0.15) is 19.4 Å². The van der Waals surface area contributed by atoms with Crippen LogP contribution in [0.25, 0.3) is 0 Å². The van der Waals surface area contributed by atoms with Crippen LogP contribution < -0.4 is 20.1 Å². The van der Waals surface area contributed by atoms with Gasteiger partial charge in [-0.2, -0.15) is 0 Å². The Morgan fingerprint density at radius 1 is 1.28 bits per heavy atom. The van der Waals surface area contributed by atoms with Crippen LogP contribution in [0.2, 0.25) is 0 Å². The first-order valence-electron chi connectivity index (χ1n) is 8.19. The highest BCUT2D eigenvalue weighted by Crippen LogP contribution is 2.32. The molecule has 6 heteroatoms. The molecule has 0 aliphatic carbocycles. The highest BCUT2D eigenvalue weighted by atomic mass is 16.5. The Kier molecular flexibility index (Phi) is 4.88. The first-order valence-corrected chi connectivity index (χ1v) is 8.19. The fourth-order valence-corrected chi connectivity index (χ4v) is 2.56. The summed E-state index contributed by atoms with van der Waals surface area (Å²) in [4.78, 5) is 23.8. The van der Waals surface area contributed by atoms with E-state index < -0.39 is 6.10 Å². The van der Waals surface area contributed by atoms with E-state index >= 15 is 0 Å². The summed E-state index contributed by atoms with van der Waals surface area (Å²) in [5.74, 6) is 0.802. The fraction of sp³-hybridized carbons (Fsp3) is 0.263. The second-order valence-corrected chi connectivity index (χ2v) is 5.76. The van der Waals surface area contributed by atoms with Crippen molar-refractivity contribution >= 4 is 23.2 Å². The number of hydrogen-bond donors (Lipinski definition) is 2. The Bertz CT molecular complexity index is 804. The zero-order valence-corrected chi connectivity index (χ0v) is 14.2. The van der Waals surface area contributed by atoms with Gasteiger partial charge in [0, 0.05) is 5.69 Å². The van der Waals surface area contributed by atoms with Gasteiger partial charge in [-0.25, -0.2) is 0 Å². The van der Waals surface area contributed by atoms with E-state index in [0.717, 1.165) is 12.0 Å². The third kappa shape index (κ3) is 3.91. The second-order valence-electron chi connectivity index (χ2n) is 5.76. The number of ether oxygens (including phenoxy) is 2. The molecule has 1 heterocycles. The highest BCUT2D eigenvalue weighted by Gasteiger charge is 2.23. The summed E-state index contributed by atoms with van der Waals surface area (Å²) in [7, 11) is 0. The van der Waals surface area contributed by atoms with E-state index in [1.807, 2.05) is 31.2 Å². The highest BCUT2D eigenvalue weighted by molar-refractivity contribution is 5.99. The van der Waals surface area contributed by atoms with Crippen LogP contribution in [0, 0.1) is 0 Å². The Balaban J connectivity index is 1.62. The van der Waals surface area contributed by atoms with Gasteiger partial charge in [0.2, 0.25) is 0 Å². The molecule has 0 saturated heterocycles. The van der Waals surface area contributed by atoms with Crippen molar-refractivity contribution in [2.45, 2.75) is 26.4 Å². The van der Waals surface area contributed by atoms with Gasteiger partial charge in [0.1, 0.15) is 11.5 Å². The van der Waals surface area contributed by atoms with Crippen molar-refractivity contribution < 1.29 is 19.1 Å². The van der Waals surface area contributed by atoms with Crippen molar-refractivity contribution in [3.63, 3.8) is 0 Å². The molecule has 2 amide bonds. The summed E-state index contributed by atoms with van der Waals surface area (Å²) in [5.41, 5.74) is 2.16. The van der Waals surface area contributed by atoms with E-state index in [1.165, 1.54) is 0 Å². The van der Waals surface area contributed by atoms with Gasteiger partial charge in [-0.3, -0.25) is 9.59 Å². The van der Waals surface area contributed by atoms with Crippen LogP contribution in [-0.4, -0.2) is 24.5 Å². The number of benzene rings is 2. The lowest BCUT2D eigenvalue weighted by Crippen LogP contribution is -2.34. The number of amides is 2. The SMILES string of the molecule is CCc1ccccc1OCC(=O)Nc1ccc2c(c1)NC(=O)C(C)O2. The van der Waals surface area contributed by atoms with Crippen LogP contribution >= 0.6 is 0 Å². The monoisotopic (exact) mass is 340 g/mol. The van der Waals surface area contributed by atoms with Gasteiger partial charge in [-0.1, -0.05) is 25.1 Å². The van der Waals surface area contributed by atoms with Gasteiger partial charge < -0.3 is 20.1 Å². The lowest BCUT2D eigenvalue weighted by Gasteiger charge is -2.23. The van der Waals surface area contributed by atoms with Gasteiger partial charge in [0.15, 0.2) is 12.7 Å². The van der Waals surface area contributed by atoms with Gasteiger partial charge in [0.25, 0.3) is 11.8 Å². The maximum Gasteiger partial charge on any atom is 0.265 e. The van der Waals surface area contributed by atoms with Crippen LogP contribution in [0.4, 0.5) is 11.4 Å². The van der Waals surface area contributed by atoms with Crippen LogP contribution in [0.5, 0.6) is 11.5 Å². The average molecular weight is 340 g/mol. The molecule has 2 N–H and O–H groups in total. The standard InChI is InChI=1S/C19H20N2O4/c1-3-13-6-4-5-7-16(13)24-11-18(22)20-14-8-9-17-15(10-14)21-19(23)12(2)25-17/h4-10,12H,3,11H2,1-2H3,(H,20,22)(H,21,23). The van der Waals surface area contributed by atoms with E-state index in [4.69, 9.17) is 9.47 Å². The molecule has 1 aliphatic rings. The predicted molar refractivity (Wildman–Crippen MR) is 95.1 cm³/mol. The maximum atomic E-state index is 12.1. The van der Waals surface area contributed by atoms with Gasteiger partial charge in [0.05, 0.1) is 5.69 Å². The van der Waals surface area contributed by atoms with E-state index in [0.29, 0.717) is 22.9 Å². The van der Waals surface area contributed by atoms with E-state index in [2.05, 4.69) is 10.6 Å². The number of para-hydroxylation sites is 1. The normalized spacial score (nSPS) is 15.6. The maximum absolute atomic E-state index is 12.1. The van der Waals surface area contributed by atoms with Gasteiger partial charge >= 0.3 is 0 Å². The molecule has 2 aromatic rings. The zero-order chi connectivity index (χ0) is 17.8. The predicted octanol–water partition coefficient (Wildman–Crippen LogP) is 2.99. The van der Waals surface area contributed by atoms with Crippen molar-refractivity contribution in [2.24, 2.45) is 0 Å². The molecule has 0 fully saturated rings. The quantitative estimate of drug-likeness (QED) is 0.877. The molecular formula is C19H20N2O4. The zero-order valence-electron chi connectivity index (χ0n) is 14.2. The number of fused-ring (bicyclic) bond motifs is 1. The Morgan fingerprint density at radius 2 is 2.08 bits per heavy atom. The number of anilines is 2. The summed E-state index contributed by atoms with van der Waals surface area (Å²) in [6.45, 7) is 3.63. The molecule has 0 radical (unpaired) electrons. The van der Waals surface area contributed by atoms with E-state index in [1.54, 1.807) is 25.1 Å². The van der Waals surface area contributed by atoms with Crippen molar-refractivity contribution in [1.29, 1.82) is 0 Å². The topological polar surface area (TPSA) is 76.7 Å². The third-order valence-corrected chi connectivity index (χ3v) is 3.91. The molecule has 1 unspecified atom stereocenters. The Hall–Kier alpha value is -3.02. The first kappa shape index (κ1) is 16.8.